The lowest BCUT2D eigenvalue weighted by atomic mass is 10.1. The Morgan fingerprint density at radius 2 is 2.00 bits per heavy atom. The average molecular weight is 320 g/mol. The van der Waals surface area contributed by atoms with Crippen LogP contribution in [0.3, 0.4) is 0 Å². The molecule has 1 unspecified atom stereocenters. The van der Waals surface area contributed by atoms with Gasteiger partial charge in [0.25, 0.3) is 0 Å². The summed E-state index contributed by atoms with van der Waals surface area (Å²) in [5.41, 5.74) is 0.609. The predicted octanol–water partition coefficient (Wildman–Crippen LogP) is 1.58. The quantitative estimate of drug-likeness (QED) is 0.915. The topological polar surface area (TPSA) is 62.3 Å². The molecule has 0 aromatic carbocycles. The third kappa shape index (κ3) is 3.69. The molecule has 1 aromatic rings. The van der Waals surface area contributed by atoms with Crippen LogP contribution in [0.4, 0.5) is 0 Å². The second-order valence-electron chi connectivity index (χ2n) is 4.90. The number of sulfonamides is 1. The molecule has 1 fully saturated rings. The third-order valence-corrected chi connectivity index (χ3v) is 5.99. The van der Waals surface area contributed by atoms with Crippen LogP contribution in [0.2, 0.25) is 0 Å². The number of hydrogen-bond donors (Lipinski definition) is 1. The first-order valence-corrected chi connectivity index (χ1v) is 8.13. The number of hydrogen-bond acceptors (Lipinski definition) is 4. The van der Waals surface area contributed by atoms with Gasteiger partial charge in [0.15, 0.2) is 0 Å². The molecule has 0 aliphatic carbocycles. The lowest BCUT2D eigenvalue weighted by molar-refractivity contribution is 0.296. The van der Waals surface area contributed by atoms with Crippen molar-refractivity contribution in [1.29, 1.82) is 0 Å². The Kier molecular flexibility index (Phi) is 6.39. The van der Waals surface area contributed by atoms with Crippen molar-refractivity contribution < 1.29 is 8.42 Å². The highest BCUT2D eigenvalue weighted by atomic mass is 35.5. The number of rotatable bonds is 4. The number of halogens is 1. The lowest BCUT2D eigenvalue weighted by Crippen LogP contribution is -2.45. The molecular weight excluding hydrogens is 298 g/mol. The van der Waals surface area contributed by atoms with Gasteiger partial charge in [-0.25, -0.2) is 12.7 Å². The van der Waals surface area contributed by atoms with Crippen LogP contribution >= 0.6 is 12.4 Å². The van der Waals surface area contributed by atoms with Gasteiger partial charge >= 0.3 is 0 Å². The van der Waals surface area contributed by atoms with E-state index in [4.69, 9.17) is 0 Å². The maximum absolute atomic E-state index is 12.5. The van der Waals surface area contributed by atoms with E-state index in [0.29, 0.717) is 24.8 Å². The summed E-state index contributed by atoms with van der Waals surface area (Å²) in [6, 6.07) is 5.81. The van der Waals surface area contributed by atoms with Crippen LogP contribution in [0, 0.1) is 0 Å². The molecule has 5 nitrogen and oxygen atoms in total. The van der Waals surface area contributed by atoms with E-state index in [1.54, 1.807) is 29.6 Å². The van der Waals surface area contributed by atoms with E-state index < -0.39 is 15.3 Å². The summed E-state index contributed by atoms with van der Waals surface area (Å²) in [6.45, 7) is 2.89. The van der Waals surface area contributed by atoms with Crippen molar-refractivity contribution in [3.05, 3.63) is 30.1 Å². The van der Waals surface area contributed by atoms with Crippen molar-refractivity contribution >= 4 is 22.4 Å². The molecule has 2 heterocycles. The van der Waals surface area contributed by atoms with E-state index in [2.05, 4.69) is 10.3 Å². The molecular formula is C13H22ClN3O2S. The summed E-state index contributed by atoms with van der Waals surface area (Å²) in [4.78, 5) is 4.15. The summed E-state index contributed by atoms with van der Waals surface area (Å²) in [5, 5.41) is 2.62. The van der Waals surface area contributed by atoms with E-state index in [9.17, 15) is 8.42 Å². The molecule has 0 amide bonds. The van der Waals surface area contributed by atoms with Crippen LogP contribution in [0.5, 0.6) is 0 Å². The fourth-order valence-electron chi connectivity index (χ4n) is 2.39. The first-order valence-electron chi connectivity index (χ1n) is 6.63. The van der Waals surface area contributed by atoms with Crippen LogP contribution in [0.15, 0.2) is 24.4 Å². The second kappa shape index (κ2) is 7.36. The molecule has 1 aliphatic rings. The molecule has 0 saturated carbocycles. The van der Waals surface area contributed by atoms with Gasteiger partial charge in [-0.3, -0.25) is 4.98 Å². The van der Waals surface area contributed by atoms with Gasteiger partial charge in [-0.1, -0.05) is 6.07 Å². The molecule has 7 heteroatoms. The fourth-order valence-corrected chi connectivity index (χ4v) is 4.00. The van der Waals surface area contributed by atoms with Crippen molar-refractivity contribution in [3.8, 4) is 0 Å². The monoisotopic (exact) mass is 319 g/mol. The zero-order valence-corrected chi connectivity index (χ0v) is 13.5. The van der Waals surface area contributed by atoms with Crippen molar-refractivity contribution in [2.24, 2.45) is 0 Å². The highest BCUT2D eigenvalue weighted by molar-refractivity contribution is 7.89. The smallest absolute Gasteiger partial charge is 0.222 e. The molecule has 20 heavy (non-hydrogen) atoms. The Morgan fingerprint density at radius 3 is 2.50 bits per heavy atom. The molecule has 1 atom stereocenters. The number of nitrogens with zero attached hydrogens (tertiary/aromatic N) is 2. The normalized spacial score (nSPS) is 19.3. The Balaban J connectivity index is 0.00000200. The van der Waals surface area contributed by atoms with Gasteiger partial charge in [-0.15, -0.1) is 12.4 Å². The SMILES string of the molecule is CNC1CCN(S(=O)(=O)C(C)c2ccccn2)CC1.Cl. The summed E-state index contributed by atoms with van der Waals surface area (Å²) in [6.07, 6.45) is 3.37. The Hall–Kier alpha value is -0.690. The molecule has 0 radical (unpaired) electrons. The number of aromatic nitrogens is 1. The largest absolute Gasteiger partial charge is 0.317 e. The molecule has 1 N–H and O–H groups in total. The van der Waals surface area contributed by atoms with Gasteiger partial charge in [0, 0.05) is 25.3 Å². The summed E-state index contributed by atoms with van der Waals surface area (Å²) >= 11 is 0. The Labute approximate surface area is 127 Å². The van der Waals surface area contributed by atoms with Gasteiger partial charge in [0.05, 0.1) is 5.69 Å². The second-order valence-corrected chi connectivity index (χ2v) is 7.16. The molecule has 0 bridgehead atoms. The van der Waals surface area contributed by atoms with Crippen LogP contribution < -0.4 is 5.32 Å². The number of pyridine rings is 1. The van der Waals surface area contributed by atoms with E-state index in [1.165, 1.54) is 0 Å². The van der Waals surface area contributed by atoms with E-state index >= 15 is 0 Å². The molecule has 1 aromatic heterocycles. The third-order valence-electron chi connectivity index (χ3n) is 3.77. The Morgan fingerprint density at radius 1 is 1.35 bits per heavy atom. The Bertz CT molecular complexity index is 502. The fraction of sp³-hybridized carbons (Fsp3) is 0.615. The summed E-state index contributed by atoms with van der Waals surface area (Å²) in [7, 11) is -1.38. The van der Waals surface area contributed by atoms with Gasteiger partial charge < -0.3 is 5.32 Å². The van der Waals surface area contributed by atoms with E-state index in [0.717, 1.165) is 12.8 Å². The average Bonchev–Trinajstić information content (AvgIpc) is 2.47. The molecule has 114 valence electrons. The number of piperidine rings is 1. The van der Waals surface area contributed by atoms with Crippen molar-refractivity contribution in [2.45, 2.75) is 31.1 Å². The molecule has 1 aliphatic heterocycles. The first-order chi connectivity index (χ1) is 9.05. The molecule has 0 spiro atoms. The maximum atomic E-state index is 12.5. The summed E-state index contributed by atoms with van der Waals surface area (Å²) < 4.78 is 26.7. The van der Waals surface area contributed by atoms with Gasteiger partial charge in [0.1, 0.15) is 5.25 Å². The van der Waals surface area contributed by atoms with E-state index in [1.807, 2.05) is 13.1 Å². The highest BCUT2D eigenvalue weighted by Gasteiger charge is 2.33. The lowest BCUT2D eigenvalue weighted by Gasteiger charge is -2.32. The van der Waals surface area contributed by atoms with Gasteiger partial charge in [-0.05, 0) is 38.9 Å². The highest BCUT2D eigenvalue weighted by Crippen LogP contribution is 2.26. The predicted molar refractivity (Wildman–Crippen MR) is 82.5 cm³/mol. The zero-order valence-electron chi connectivity index (χ0n) is 11.8. The van der Waals surface area contributed by atoms with Crippen LogP contribution in [-0.2, 0) is 10.0 Å². The minimum Gasteiger partial charge on any atom is -0.317 e. The molecule has 1 saturated heterocycles. The maximum Gasteiger partial charge on any atom is 0.222 e. The summed E-state index contributed by atoms with van der Waals surface area (Å²) in [5.74, 6) is 0. The van der Waals surface area contributed by atoms with Crippen LogP contribution in [-0.4, -0.2) is 43.9 Å². The molecule has 2 rings (SSSR count). The zero-order chi connectivity index (χ0) is 13.9. The standard InChI is InChI=1S/C13H21N3O2S.ClH/c1-11(13-5-3-4-8-15-13)19(17,18)16-9-6-12(14-2)7-10-16;/h3-5,8,11-12,14H,6-7,9-10H2,1-2H3;1H. The van der Waals surface area contributed by atoms with Crippen LogP contribution in [0.1, 0.15) is 30.7 Å². The van der Waals surface area contributed by atoms with Crippen molar-refractivity contribution in [1.82, 2.24) is 14.6 Å². The van der Waals surface area contributed by atoms with Gasteiger partial charge in [-0.2, -0.15) is 0 Å². The first kappa shape index (κ1) is 17.4. The van der Waals surface area contributed by atoms with Gasteiger partial charge in [0.2, 0.25) is 10.0 Å². The van der Waals surface area contributed by atoms with Crippen molar-refractivity contribution in [3.63, 3.8) is 0 Å². The van der Waals surface area contributed by atoms with Crippen LogP contribution in [0.25, 0.3) is 0 Å². The van der Waals surface area contributed by atoms with E-state index in [-0.39, 0.29) is 12.4 Å². The number of nitrogens with one attached hydrogen (secondary N) is 1. The minimum atomic E-state index is -3.30. The minimum absolute atomic E-state index is 0. The van der Waals surface area contributed by atoms with Crippen molar-refractivity contribution in [2.75, 3.05) is 20.1 Å².